The second-order valence-electron chi connectivity index (χ2n) is 4.18. The highest BCUT2D eigenvalue weighted by molar-refractivity contribution is 7.47. The first-order chi connectivity index (χ1) is 8.75. The fourth-order valence-electron chi connectivity index (χ4n) is 1.08. The number of hydrogen-bond donors (Lipinski definition) is 2. The highest BCUT2D eigenvalue weighted by atomic mass is 31.2. The number of nitrogens with zero attached hydrogens (tertiary/aromatic N) is 1. The summed E-state index contributed by atoms with van der Waals surface area (Å²) in [6.07, 6.45) is 0. The Bertz CT molecular complexity index is 468. The molecule has 1 fully saturated rings. The Morgan fingerprint density at radius 2 is 1.84 bits per heavy atom. The molecule has 1 saturated heterocycles. The molecule has 1 aliphatic heterocycles. The number of phosphoric acid groups is 1. The molecule has 1 aromatic carbocycles. The van der Waals surface area contributed by atoms with Crippen LogP contribution in [0.3, 0.4) is 0 Å². The van der Waals surface area contributed by atoms with Gasteiger partial charge in [0.15, 0.2) is 0 Å². The number of hydrogen-bond acceptors (Lipinski definition) is 6. The number of nitrogens with two attached hydrogens (primary N) is 1. The van der Waals surface area contributed by atoms with E-state index in [9.17, 15) is 14.7 Å². The molecule has 0 radical (unpaired) electrons. The van der Waals surface area contributed by atoms with E-state index in [0.717, 1.165) is 5.69 Å². The third kappa shape index (κ3) is 4.96. The van der Waals surface area contributed by atoms with Gasteiger partial charge in [0.1, 0.15) is 13.2 Å². The lowest BCUT2D eigenvalue weighted by Crippen LogP contribution is -2.46. The molecule has 3 N–H and O–H groups in total. The number of nitrogen functional groups attached to an aromatic ring is 1. The minimum absolute atomic E-state index is 0.409. The molecule has 0 bridgehead atoms. The highest BCUT2D eigenvalue weighted by Gasteiger charge is 2.47. The fraction of sp³-hybridized carbons (Fsp3) is 0.400. The molecular formula is C10H15N2O6P. The molecule has 1 aliphatic rings. The van der Waals surface area contributed by atoms with E-state index in [1.807, 2.05) is 30.3 Å². The van der Waals surface area contributed by atoms with Crippen molar-refractivity contribution in [3.05, 3.63) is 40.4 Å². The van der Waals surface area contributed by atoms with Gasteiger partial charge in [-0.2, -0.15) is 0 Å². The van der Waals surface area contributed by atoms with Gasteiger partial charge in [-0.15, -0.1) is 0 Å². The molecule has 0 spiro atoms. The molecule has 0 saturated carbocycles. The summed E-state index contributed by atoms with van der Waals surface area (Å²) in [5.74, 6) is 0. The lowest BCUT2D eigenvalue weighted by atomic mass is 10.1. The number of nitro groups is 1. The second-order valence-corrected chi connectivity index (χ2v) is 5.63. The van der Waals surface area contributed by atoms with Gasteiger partial charge in [-0.25, -0.2) is 4.57 Å². The van der Waals surface area contributed by atoms with Gasteiger partial charge < -0.3 is 10.6 Å². The van der Waals surface area contributed by atoms with E-state index in [1.54, 1.807) is 0 Å². The minimum atomic E-state index is -4.01. The van der Waals surface area contributed by atoms with E-state index in [2.05, 4.69) is 9.05 Å². The lowest BCUT2D eigenvalue weighted by molar-refractivity contribution is -0.573. The van der Waals surface area contributed by atoms with E-state index < -0.39 is 31.5 Å². The topological polar surface area (TPSA) is 125 Å². The number of para-hydroxylation sites is 1. The van der Waals surface area contributed by atoms with Crippen LogP contribution < -0.4 is 5.73 Å². The van der Waals surface area contributed by atoms with Crippen LogP contribution in [0, 0.1) is 10.1 Å². The Morgan fingerprint density at radius 3 is 2.16 bits per heavy atom. The number of phosphoric ester groups is 1. The average molecular weight is 290 g/mol. The van der Waals surface area contributed by atoms with Crippen LogP contribution in [0.15, 0.2) is 30.3 Å². The summed E-state index contributed by atoms with van der Waals surface area (Å²) in [6.45, 7) is 0.466. The van der Waals surface area contributed by atoms with Crippen molar-refractivity contribution < 1.29 is 23.4 Å². The second kappa shape index (κ2) is 6.12. The van der Waals surface area contributed by atoms with Gasteiger partial charge in [0, 0.05) is 17.5 Å². The van der Waals surface area contributed by atoms with Gasteiger partial charge in [0.05, 0.1) is 0 Å². The molecule has 0 amide bonds. The summed E-state index contributed by atoms with van der Waals surface area (Å²) in [5, 5.41) is 10.4. The molecule has 1 aromatic rings. The monoisotopic (exact) mass is 290 g/mol. The van der Waals surface area contributed by atoms with E-state index in [4.69, 9.17) is 10.6 Å². The van der Waals surface area contributed by atoms with E-state index >= 15 is 0 Å². The van der Waals surface area contributed by atoms with Gasteiger partial charge in [0.25, 0.3) is 5.54 Å². The van der Waals surface area contributed by atoms with Gasteiger partial charge in [-0.3, -0.25) is 19.2 Å². The van der Waals surface area contributed by atoms with Crippen molar-refractivity contribution in [3.63, 3.8) is 0 Å². The minimum Gasteiger partial charge on any atom is -0.399 e. The van der Waals surface area contributed by atoms with E-state index in [1.165, 1.54) is 6.92 Å². The summed E-state index contributed by atoms with van der Waals surface area (Å²) < 4.78 is 19.2. The summed E-state index contributed by atoms with van der Waals surface area (Å²) in [6, 6.07) is 9.49. The molecule has 19 heavy (non-hydrogen) atoms. The van der Waals surface area contributed by atoms with Crippen molar-refractivity contribution in [3.8, 4) is 0 Å². The van der Waals surface area contributed by atoms with Crippen LogP contribution in [-0.4, -0.2) is 28.6 Å². The van der Waals surface area contributed by atoms with Gasteiger partial charge in [0.2, 0.25) is 0 Å². The third-order valence-electron chi connectivity index (χ3n) is 2.32. The van der Waals surface area contributed by atoms with Crippen LogP contribution in [0.5, 0.6) is 0 Å². The Labute approximate surface area is 109 Å². The molecule has 9 heteroatoms. The Kier molecular flexibility index (Phi) is 5.02. The normalized spacial score (nSPS) is 30.0. The van der Waals surface area contributed by atoms with Crippen molar-refractivity contribution in [2.45, 2.75) is 12.5 Å². The van der Waals surface area contributed by atoms with Crippen LogP contribution in [-0.2, 0) is 13.6 Å². The van der Waals surface area contributed by atoms with Crippen LogP contribution in [0.1, 0.15) is 6.92 Å². The molecule has 1 heterocycles. The van der Waals surface area contributed by atoms with Crippen LogP contribution in [0.4, 0.5) is 5.69 Å². The first-order valence-electron chi connectivity index (χ1n) is 5.32. The summed E-state index contributed by atoms with van der Waals surface area (Å²) in [4.78, 5) is 18.4. The molecule has 0 aromatic heterocycles. The summed E-state index contributed by atoms with van der Waals surface area (Å²) >= 11 is 0. The fourth-order valence-corrected chi connectivity index (χ4v) is 2.04. The maximum absolute atomic E-state index is 10.6. The zero-order valence-electron chi connectivity index (χ0n) is 10.3. The first kappa shape index (κ1) is 15.6. The van der Waals surface area contributed by atoms with Crippen LogP contribution in [0.25, 0.3) is 0 Å². The maximum Gasteiger partial charge on any atom is 0.472 e. The first-order valence-corrected chi connectivity index (χ1v) is 6.82. The average Bonchev–Trinajstić information content (AvgIpc) is 2.35. The molecule has 0 atom stereocenters. The van der Waals surface area contributed by atoms with Crippen molar-refractivity contribution in [2.75, 3.05) is 18.9 Å². The Morgan fingerprint density at radius 1 is 1.37 bits per heavy atom. The van der Waals surface area contributed by atoms with Crippen LogP contribution in [0.2, 0.25) is 0 Å². The lowest BCUT2D eigenvalue weighted by Gasteiger charge is -2.27. The maximum atomic E-state index is 10.6. The van der Waals surface area contributed by atoms with Crippen molar-refractivity contribution in [1.29, 1.82) is 0 Å². The molecule has 2 rings (SSSR count). The Balaban J connectivity index is 0.000000218. The van der Waals surface area contributed by atoms with Gasteiger partial charge in [-0.1, -0.05) is 18.2 Å². The highest BCUT2D eigenvalue weighted by Crippen LogP contribution is 2.48. The van der Waals surface area contributed by atoms with Crippen molar-refractivity contribution in [1.82, 2.24) is 0 Å². The quantitative estimate of drug-likeness (QED) is 0.347. The summed E-state index contributed by atoms with van der Waals surface area (Å²) in [7, 11) is -4.01. The number of benzene rings is 1. The predicted molar refractivity (Wildman–Crippen MR) is 68.0 cm³/mol. The largest absolute Gasteiger partial charge is 0.472 e. The smallest absolute Gasteiger partial charge is 0.399 e. The molecular weight excluding hydrogens is 275 g/mol. The number of rotatable bonds is 1. The molecule has 106 valence electrons. The van der Waals surface area contributed by atoms with Crippen molar-refractivity contribution >= 4 is 13.5 Å². The zero-order valence-corrected chi connectivity index (χ0v) is 11.2. The number of anilines is 1. The van der Waals surface area contributed by atoms with Crippen molar-refractivity contribution in [2.24, 2.45) is 0 Å². The molecule has 0 unspecified atom stereocenters. The third-order valence-corrected chi connectivity index (χ3v) is 3.23. The van der Waals surface area contributed by atoms with Gasteiger partial charge >= 0.3 is 7.82 Å². The van der Waals surface area contributed by atoms with E-state index in [0.29, 0.717) is 0 Å². The zero-order chi connectivity index (χ0) is 14.5. The summed E-state index contributed by atoms with van der Waals surface area (Å²) in [5.41, 5.74) is 4.76. The molecule has 0 aliphatic carbocycles. The van der Waals surface area contributed by atoms with Crippen LogP contribution >= 0.6 is 7.82 Å². The SMILES string of the molecule is CC1([N+](=O)[O-])COP(=O)(O)OC1.Nc1ccccc1. The molecule has 8 nitrogen and oxygen atoms in total. The van der Waals surface area contributed by atoms with Gasteiger partial charge in [-0.05, 0) is 12.1 Å². The predicted octanol–water partition coefficient (Wildman–Crippen LogP) is 1.44. The van der Waals surface area contributed by atoms with E-state index in [-0.39, 0.29) is 0 Å². The Hall–Kier alpha value is -1.47. The standard InChI is InChI=1S/C6H7N.C4H8NO6P/c7-6-4-2-1-3-5-6;1-4(5(6)7)2-10-12(8,9)11-3-4/h1-5H,7H2;2-3H2,1H3,(H,8,9).